The van der Waals surface area contributed by atoms with E-state index in [1.807, 2.05) is 30.3 Å². The molecule has 6 atom stereocenters. The minimum Gasteiger partial charge on any atom is -0.387 e. The third kappa shape index (κ3) is 3.74. The summed E-state index contributed by atoms with van der Waals surface area (Å²) in [7, 11) is 0. The minimum atomic E-state index is -1.18. The fourth-order valence-electron chi connectivity index (χ4n) is 2.91. The molecule has 2 saturated heterocycles. The second-order valence-electron chi connectivity index (χ2n) is 5.92. The minimum absolute atomic E-state index is 0.250. The highest BCUT2D eigenvalue weighted by Gasteiger charge is 2.49. The van der Waals surface area contributed by atoms with Crippen LogP contribution in [-0.2, 0) is 18.9 Å². The number of hydrogen-bond donors (Lipinski definition) is 2. The number of aliphatic hydroxyl groups excluding tert-OH is 2. The van der Waals surface area contributed by atoms with E-state index < -0.39 is 37.0 Å². The van der Waals surface area contributed by atoms with Gasteiger partial charge in [0, 0.05) is 12.2 Å². The Morgan fingerprint density at radius 3 is 2.70 bits per heavy atom. The molecule has 2 fully saturated rings. The highest BCUT2D eigenvalue weighted by Crippen LogP contribution is 2.34. The molecule has 23 heavy (non-hydrogen) atoms. The van der Waals surface area contributed by atoms with Crippen molar-refractivity contribution in [2.24, 2.45) is 0 Å². The molecule has 2 aliphatic heterocycles. The molecule has 2 N–H and O–H groups in total. The van der Waals surface area contributed by atoms with Crippen molar-refractivity contribution in [1.82, 2.24) is 0 Å². The Balaban J connectivity index is 1.67. The molecule has 3 rings (SSSR count). The van der Waals surface area contributed by atoms with Gasteiger partial charge < -0.3 is 29.2 Å². The summed E-state index contributed by atoms with van der Waals surface area (Å²) in [5.41, 5.74) is 0.882. The van der Waals surface area contributed by atoms with Crippen LogP contribution in [0.15, 0.2) is 30.3 Å². The first-order valence-corrected chi connectivity index (χ1v) is 8.16. The van der Waals surface area contributed by atoms with Crippen molar-refractivity contribution < 1.29 is 29.2 Å². The largest absolute Gasteiger partial charge is 0.387 e. The fourth-order valence-corrected chi connectivity index (χ4v) is 2.91. The third-order valence-electron chi connectivity index (χ3n) is 4.21. The standard InChI is InChI=1S/C17H24O6/c1-2-3-9-20-15-13(18)14-12(22-16(15)19)10-21-17(23-14)11-7-5-4-6-8-11/h4-8,12-19H,2-3,9-10H2,1H3/t12?,13-,14-,15?,16-,17?/m0/s1. The van der Waals surface area contributed by atoms with E-state index in [0.717, 1.165) is 18.4 Å². The van der Waals surface area contributed by atoms with Gasteiger partial charge in [0.05, 0.1) is 6.61 Å². The van der Waals surface area contributed by atoms with Gasteiger partial charge in [-0.15, -0.1) is 0 Å². The van der Waals surface area contributed by atoms with Crippen LogP contribution in [-0.4, -0.2) is 54.1 Å². The van der Waals surface area contributed by atoms with E-state index in [1.165, 1.54) is 0 Å². The lowest BCUT2D eigenvalue weighted by molar-refractivity contribution is -0.359. The first-order valence-electron chi connectivity index (χ1n) is 8.16. The summed E-state index contributed by atoms with van der Waals surface area (Å²) in [6, 6.07) is 9.54. The van der Waals surface area contributed by atoms with Crippen molar-refractivity contribution in [3.05, 3.63) is 35.9 Å². The Labute approximate surface area is 135 Å². The van der Waals surface area contributed by atoms with E-state index in [9.17, 15) is 10.2 Å². The van der Waals surface area contributed by atoms with Crippen LogP contribution in [0.25, 0.3) is 0 Å². The Kier molecular flexibility index (Phi) is 5.63. The molecule has 0 saturated carbocycles. The highest BCUT2D eigenvalue weighted by atomic mass is 16.7. The number of ether oxygens (including phenoxy) is 4. The average Bonchev–Trinajstić information content (AvgIpc) is 2.58. The quantitative estimate of drug-likeness (QED) is 0.797. The summed E-state index contributed by atoms with van der Waals surface area (Å²) < 4.78 is 22.6. The lowest BCUT2D eigenvalue weighted by atomic mass is 9.97. The van der Waals surface area contributed by atoms with Gasteiger partial charge in [-0.1, -0.05) is 43.7 Å². The monoisotopic (exact) mass is 324 g/mol. The van der Waals surface area contributed by atoms with Crippen molar-refractivity contribution >= 4 is 0 Å². The lowest BCUT2D eigenvalue weighted by Gasteiger charge is -2.46. The molecule has 3 unspecified atom stereocenters. The topological polar surface area (TPSA) is 77.4 Å². The summed E-state index contributed by atoms with van der Waals surface area (Å²) in [5, 5.41) is 20.6. The zero-order valence-electron chi connectivity index (χ0n) is 13.2. The zero-order chi connectivity index (χ0) is 16.2. The maximum atomic E-state index is 10.6. The summed E-state index contributed by atoms with van der Waals surface area (Å²) >= 11 is 0. The molecule has 0 aromatic heterocycles. The summed E-state index contributed by atoms with van der Waals surface area (Å²) in [4.78, 5) is 0. The maximum absolute atomic E-state index is 10.6. The van der Waals surface area contributed by atoms with Gasteiger partial charge in [0.25, 0.3) is 0 Å². The molecule has 1 aromatic rings. The number of fused-ring (bicyclic) bond motifs is 1. The van der Waals surface area contributed by atoms with Gasteiger partial charge in [-0.2, -0.15) is 0 Å². The Morgan fingerprint density at radius 2 is 1.96 bits per heavy atom. The van der Waals surface area contributed by atoms with E-state index in [1.54, 1.807) is 0 Å². The molecule has 2 heterocycles. The van der Waals surface area contributed by atoms with E-state index in [0.29, 0.717) is 6.61 Å². The number of rotatable bonds is 5. The molecule has 1 aromatic carbocycles. The molecule has 6 nitrogen and oxygen atoms in total. The molecule has 2 aliphatic rings. The van der Waals surface area contributed by atoms with Crippen LogP contribution in [0.1, 0.15) is 31.6 Å². The predicted molar refractivity (Wildman–Crippen MR) is 81.5 cm³/mol. The van der Waals surface area contributed by atoms with Gasteiger partial charge >= 0.3 is 0 Å². The summed E-state index contributed by atoms with van der Waals surface area (Å²) in [6.07, 6.45) is -2.76. The number of benzene rings is 1. The summed E-state index contributed by atoms with van der Waals surface area (Å²) in [6.45, 7) is 2.77. The van der Waals surface area contributed by atoms with Crippen LogP contribution < -0.4 is 0 Å². The maximum Gasteiger partial charge on any atom is 0.184 e. The molecular weight excluding hydrogens is 300 g/mol. The van der Waals surface area contributed by atoms with E-state index in [4.69, 9.17) is 18.9 Å². The molecule has 0 amide bonds. The van der Waals surface area contributed by atoms with E-state index in [2.05, 4.69) is 6.92 Å². The van der Waals surface area contributed by atoms with Crippen LogP contribution in [0.3, 0.4) is 0 Å². The lowest BCUT2D eigenvalue weighted by Crippen LogP contribution is -2.62. The Hall–Kier alpha value is -1.02. The normalized spacial score (nSPS) is 37.3. The average molecular weight is 324 g/mol. The molecule has 6 heteroatoms. The second kappa shape index (κ2) is 7.70. The van der Waals surface area contributed by atoms with Crippen molar-refractivity contribution in [3.63, 3.8) is 0 Å². The first-order chi connectivity index (χ1) is 11.2. The third-order valence-corrected chi connectivity index (χ3v) is 4.21. The van der Waals surface area contributed by atoms with Gasteiger partial charge in [-0.05, 0) is 6.42 Å². The van der Waals surface area contributed by atoms with Gasteiger partial charge in [0.2, 0.25) is 0 Å². The van der Waals surface area contributed by atoms with Crippen molar-refractivity contribution in [2.45, 2.75) is 56.8 Å². The van der Waals surface area contributed by atoms with Gasteiger partial charge in [-0.25, -0.2) is 0 Å². The molecule has 0 bridgehead atoms. The van der Waals surface area contributed by atoms with Crippen LogP contribution in [0.2, 0.25) is 0 Å². The van der Waals surface area contributed by atoms with Crippen molar-refractivity contribution in [2.75, 3.05) is 13.2 Å². The van der Waals surface area contributed by atoms with Crippen LogP contribution in [0.4, 0.5) is 0 Å². The number of hydrogen-bond acceptors (Lipinski definition) is 6. The van der Waals surface area contributed by atoms with Gasteiger partial charge in [0.1, 0.15) is 24.4 Å². The molecule has 0 aliphatic carbocycles. The molecule has 0 radical (unpaired) electrons. The highest BCUT2D eigenvalue weighted by molar-refractivity contribution is 5.16. The SMILES string of the molecule is CCCCOC1[C@@H](O)[C@H]2OC(c3ccccc3)OCC2O[C@@H]1O. The van der Waals surface area contributed by atoms with Gasteiger partial charge in [0.15, 0.2) is 12.6 Å². The summed E-state index contributed by atoms with van der Waals surface area (Å²) in [5.74, 6) is 0. The van der Waals surface area contributed by atoms with Gasteiger partial charge in [-0.3, -0.25) is 0 Å². The van der Waals surface area contributed by atoms with E-state index >= 15 is 0 Å². The predicted octanol–water partition coefficient (Wildman–Crippen LogP) is 1.36. The zero-order valence-corrected chi connectivity index (χ0v) is 13.2. The smallest absolute Gasteiger partial charge is 0.184 e. The van der Waals surface area contributed by atoms with Crippen LogP contribution in [0.5, 0.6) is 0 Å². The molecule has 128 valence electrons. The van der Waals surface area contributed by atoms with Crippen molar-refractivity contribution in [3.8, 4) is 0 Å². The fraction of sp³-hybridized carbons (Fsp3) is 0.647. The van der Waals surface area contributed by atoms with E-state index in [-0.39, 0.29) is 6.61 Å². The van der Waals surface area contributed by atoms with Crippen molar-refractivity contribution in [1.29, 1.82) is 0 Å². The molecule has 0 spiro atoms. The Bertz CT molecular complexity index is 481. The van der Waals surface area contributed by atoms with Crippen LogP contribution >= 0.6 is 0 Å². The number of aliphatic hydroxyl groups is 2. The number of unbranched alkanes of at least 4 members (excludes halogenated alkanes) is 1. The second-order valence-corrected chi connectivity index (χ2v) is 5.92. The van der Waals surface area contributed by atoms with Crippen LogP contribution in [0, 0.1) is 0 Å². The Morgan fingerprint density at radius 1 is 1.17 bits per heavy atom. The molecular formula is C17H24O6. The first kappa shape index (κ1) is 16.8.